The lowest BCUT2D eigenvalue weighted by molar-refractivity contribution is -0.132. The summed E-state index contributed by atoms with van der Waals surface area (Å²) in [6, 6.07) is 0.272. The number of carbonyl (C=O) groups is 1. The zero-order valence-corrected chi connectivity index (χ0v) is 8.87. The third-order valence-corrected chi connectivity index (χ3v) is 1.48. The van der Waals surface area contributed by atoms with E-state index >= 15 is 0 Å². The molecule has 78 valence electrons. The van der Waals surface area contributed by atoms with E-state index in [9.17, 15) is 4.79 Å². The second kappa shape index (κ2) is 4.13. The van der Waals surface area contributed by atoms with Gasteiger partial charge in [0.2, 0.25) is 0 Å². The largest absolute Gasteiger partial charge is 0.404 e. The Morgan fingerprint density at radius 2 is 2.29 bits per heavy atom. The maximum Gasteiger partial charge on any atom is 0.309 e. The van der Waals surface area contributed by atoms with E-state index in [4.69, 9.17) is 4.74 Å². The zero-order valence-electron chi connectivity index (χ0n) is 8.87. The minimum absolute atomic E-state index is 0.272. The monoisotopic (exact) mass is 197 g/mol. The Balaban J connectivity index is 2.85. The summed E-state index contributed by atoms with van der Waals surface area (Å²) in [5.74, 6) is -0.0378. The minimum atomic E-state index is -0.365. The molecule has 1 aromatic rings. The topological polar surface area (TPSA) is 56.1 Å². The predicted molar refractivity (Wildman–Crippen MR) is 53.3 cm³/mol. The van der Waals surface area contributed by atoms with Crippen LogP contribution in [-0.2, 0) is 11.8 Å². The summed E-state index contributed by atoms with van der Waals surface area (Å²) < 4.78 is 6.53. The van der Waals surface area contributed by atoms with Gasteiger partial charge in [-0.15, -0.1) is 5.10 Å². The third kappa shape index (κ3) is 2.76. The summed E-state index contributed by atoms with van der Waals surface area (Å²) in [5.41, 5.74) is 0.734. The predicted octanol–water partition coefficient (Wildman–Crippen LogP) is 1.17. The average molecular weight is 197 g/mol. The molecule has 5 nitrogen and oxygen atoms in total. The minimum Gasteiger partial charge on any atom is -0.404 e. The van der Waals surface area contributed by atoms with E-state index in [0.29, 0.717) is 5.88 Å². The molecule has 1 aromatic heterocycles. The van der Waals surface area contributed by atoms with Crippen LogP contribution in [0, 0.1) is 0 Å². The maximum atomic E-state index is 10.8. The van der Waals surface area contributed by atoms with E-state index in [1.807, 2.05) is 13.8 Å². The number of nitrogens with one attached hydrogen (secondary N) is 1. The molecular formula is C9H15N3O2. The van der Waals surface area contributed by atoms with Gasteiger partial charge in [0.15, 0.2) is 0 Å². The quantitative estimate of drug-likeness (QED) is 0.739. The van der Waals surface area contributed by atoms with Crippen molar-refractivity contribution in [2.24, 2.45) is 7.05 Å². The highest BCUT2D eigenvalue weighted by molar-refractivity contribution is 5.71. The van der Waals surface area contributed by atoms with Crippen LogP contribution in [0.3, 0.4) is 0 Å². The second-order valence-electron chi connectivity index (χ2n) is 3.41. The Morgan fingerprint density at radius 3 is 2.79 bits per heavy atom. The average Bonchev–Trinajstić information content (AvgIpc) is 2.28. The molecule has 0 fully saturated rings. The lowest BCUT2D eigenvalue weighted by Gasteiger charge is -2.08. The fraction of sp³-hybridized carbons (Fsp3) is 0.556. The van der Waals surface area contributed by atoms with E-state index in [-0.39, 0.29) is 12.0 Å². The molecule has 1 heterocycles. The van der Waals surface area contributed by atoms with Crippen molar-refractivity contribution in [1.82, 2.24) is 9.78 Å². The number of esters is 1. The van der Waals surface area contributed by atoms with Crippen LogP contribution >= 0.6 is 0 Å². The van der Waals surface area contributed by atoms with Gasteiger partial charge in [0.05, 0.1) is 6.20 Å². The first kappa shape index (κ1) is 10.6. The fourth-order valence-electron chi connectivity index (χ4n) is 1.09. The molecule has 0 saturated carbocycles. The van der Waals surface area contributed by atoms with Crippen LogP contribution in [0.15, 0.2) is 6.20 Å². The number of carbonyl (C=O) groups excluding carboxylic acids is 1. The molecule has 0 aromatic carbocycles. The van der Waals surface area contributed by atoms with Crippen molar-refractivity contribution >= 4 is 11.7 Å². The second-order valence-corrected chi connectivity index (χ2v) is 3.41. The number of aromatic nitrogens is 2. The van der Waals surface area contributed by atoms with Gasteiger partial charge in [0.25, 0.3) is 5.88 Å². The van der Waals surface area contributed by atoms with Gasteiger partial charge in [-0.25, -0.2) is 0 Å². The summed E-state index contributed by atoms with van der Waals surface area (Å²) in [4.78, 5) is 10.8. The number of hydrogen-bond acceptors (Lipinski definition) is 4. The first-order chi connectivity index (χ1) is 6.49. The molecule has 0 bridgehead atoms. The number of hydrogen-bond donors (Lipinski definition) is 1. The van der Waals surface area contributed by atoms with Gasteiger partial charge in [-0.05, 0) is 13.8 Å². The van der Waals surface area contributed by atoms with Crippen LogP contribution < -0.4 is 10.1 Å². The van der Waals surface area contributed by atoms with Gasteiger partial charge in [0, 0.05) is 20.0 Å². The highest BCUT2D eigenvalue weighted by atomic mass is 16.5. The summed E-state index contributed by atoms with van der Waals surface area (Å²) >= 11 is 0. The first-order valence-electron chi connectivity index (χ1n) is 4.47. The van der Waals surface area contributed by atoms with Crippen molar-refractivity contribution in [1.29, 1.82) is 0 Å². The van der Waals surface area contributed by atoms with Crippen molar-refractivity contribution in [2.45, 2.75) is 26.8 Å². The van der Waals surface area contributed by atoms with Crippen LogP contribution in [-0.4, -0.2) is 21.8 Å². The SMILES string of the molecule is CC(=O)Oc1nn(C)cc1NC(C)C. The van der Waals surface area contributed by atoms with E-state index in [2.05, 4.69) is 10.4 Å². The van der Waals surface area contributed by atoms with Gasteiger partial charge in [0.1, 0.15) is 5.69 Å². The zero-order chi connectivity index (χ0) is 10.7. The normalized spacial score (nSPS) is 10.4. The Bertz CT molecular complexity index is 331. The van der Waals surface area contributed by atoms with Gasteiger partial charge in [-0.1, -0.05) is 0 Å². The van der Waals surface area contributed by atoms with E-state index in [1.165, 1.54) is 6.92 Å². The molecule has 0 saturated heterocycles. The molecule has 14 heavy (non-hydrogen) atoms. The fourth-order valence-corrected chi connectivity index (χ4v) is 1.09. The Morgan fingerprint density at radius 1 is 1.64 bits per heavy atom. The molecule has 1 N–H and O–H groups in total. The van der Waals surface area contributed by atoms with Crippen LogP contribution in [0.1, 0.15) is 20.8 Å². The number of ether oxygens (including phenoxy) is 1. The molecule has 0 aliphatic carbocycles. The molecule has 0 amide bonds. The number of aryl methyl sites for hydroxylation is 1. The van der Waals surface area contributed by atoms with Crippen molar-refractivity contribution in [3.05, 3.63) is 6.20 Å². The van der Waals surface area contributed by atoms with Crippen molar-refractivity contribution in [2.75, 3.05) is 5.32 Å². The standard InChI is InChI=1S/C9H15N3O2/c1-6(2)10-8-5-12(4)11-9(8)14-7(3)13/h5-6,10H,1-4H3. The smallest absolute Gasteiger partial charge is 0.309 e. The van der Waals surface area contributed by atoms with Crippen LogP contribution in [0.2, 0.25) is 0 Å². The Kier molecular flexibility index (Phi) is 3.11. The molecule has 0 atom stereocenters. The van der Waals surface area contributed by atoms with E-state index < -0.39 is 0 Å². The Labute approximate surface area is 83.1 Å². The van der Waals surface area contributed by atoms with Crippen LogP contribution in [0.25, 0.3) is 0 Å². The molecular weight excluding hydrogens is 182 g/mol. The lowest BCUT2D eigenvalue weighted by Crippen LogP contribution is -2.11. The van der Waals surface area contributed by atoms with Gasteiger partial charge < -0.3 is 10.1 Å². The summed E-state index contributed by atoms with van der Waals surface area (Å²) in [5, 5.41) is 7.15. The molecule has 0 unspecified atom stereocenters. The number of rotatable bonds is 3. The molecule has 0 radical (unpaired) electrons. The van der Waals surface area contributed by atoms with Gasteiger partial charge in [-0.3, -0.25) is 9.48 Å². The van der Waals surface area contributed by atoms with Gasteiger partial charge in [-0.2, -0.15) is 0 Å². The van der Waals surface area contributed by atoms with Crippen molar-refractivity contribution in [3.8, 4) is 5.88 Å². The summed E-state index contributed by atoms with van der Waals surface area (Å²) in [7, 11) is 1.78. The number of nitrogens with zero attached hydrogens (tertiary/aromatic N) is 2. The first-order valence-corrected chi connectivity index (χ1v) is 4.47. The molecule has 0 aliphatic heterocycles. The van der Waals surface area contributed by atoms with E-state index in [1.54, 1.807) is 17.9 Å². The number of anilines is 1. The summed E-state index contributed by atoms with van der Waals surface area (Å²) in [6.07, 6.45) is 1.78. The Hall–Kier alpha value is -1.52. The molecule has 1 rings (SSSR count). The van der Waals surface area contributed by atoms with Crippen molar-refractivity contribution < 1.29 is 9.53 Å². The molecule has 5 heteroatoms. The highest BCUT2D eigenvalue weighted by Gasteiger charge is 2.11. The molecule has 0 aliphatic rings. The maximum absolute atomic E-state index is 10.8. The summed E-state index contributed by atoms with van der Waals surface area (Å²) in [6.45, 7) is 5.36. The molecule has 0 spiro atoms. The van der Waals surface area contributed by atoms with Crippen LogP contribution in [0.4, 0.5) is 5.69 Å². The van der Waals surface area contributed by atoms with Gasteiger partial charge >= 0.3 is 5.97 Å². The lowest BCUT2D eigenvalue weighted by atomic mass is 10.4. The third-order valence-electron chi connectivity index (χ3n) is 1.48. The van der Waals surface area contributed by atoms with E-state index in [0.717, 1.165) is 5.69 Å². The van der Waals surface area contributed by atoms with Crippen molar-refractivity contribution in [3.63, 3.8) is 0 Å². The van der Waals surface area contributed by atoms with Crippen LogP contribution in [0.5, 0.6) is 5.88 Å². The highest BCUT2D eigenvalue weighted by Crippen LogP contribution is 2.22.